The summed E-state index contributed by atoms with van der Waals surface area (Å²) in [6.45, 7) is 0.656. The summed E-state index contributed by atoms with van der Waals surface area (Å²) >= 11 is 8.58. The van der Waals surface area contributed by atoms with Gasteiger partial charge in [0.15, 0.2) is 5.11 Å². The Kier molecular flexibility index (Phi) is 7.78. The number of carbonyl (C=O) groups is 1. The minimum Gasteiger partial charge on any atom is -0.494 e. The quantitative estimate of drug-likeness (QED) is 0.350. The molecule has 0 aromatic heterocycles. The molecule has 0 radical (unpaired) electrons. The number of thiocarbonyl (C=S) groups is 1. The van der Waals surface area contributed by atoms with Gasteiger partial charge in [-0.25, -0.2) is 0 Å². The minimum absolute atomic E-state index is 0.242. The molecule has 148 valence electrons. The summed E-state index contributed by atoms with van der Waals surface area (Å²) in [5.74, 6) is 0.537. The van der Waals surface area contributed by atoms with Gasteiger partial charge in [-0.2, -0.15) is 0 Å². The average Bonchev–Trinajstić information content (AvgIpc) is 2.73. The monoisotopic (exact) mass is 468 g/mol. The summed E-state index contributed by atoms with van der Waals surface area (Å²) in [7, 11) is 0. The van der Waals surface area contributed by atoms with Gasteiger partial charge in [-0.3, -0.25) is 10.1 Å². The fourth-order valence-corrected chi connectivity index (χ4v) is 3.32. The van der Waals surface area contributed by atoms with Crippen LogP contribution < -0.4 is 15.4 Å². The van der Waals surface area contributed by atoms with Crippen molar-refractivity contribution in [2.45, 2.75) is 12.8 Å². The van der Waals surface area contributed by atoms with Crippen LogP contribution in [0.5, 0.6) is 5.75 Å². The van der Waals surface area contributed by atoms with Crippen molar-refractivity contribution in [3.05, 3.63) is 94.5 Å². The van der Waals surface area contributed by atoms with E-state index < -0.39 is 0 Å². The van der Waals surface area contributed by atoms with E-state index in [1.807, 2.05) is 48.5 Å². The van der Waals surface area contributed by atoms with Crippen LogP contribution in [-0.2, 0) is 6.42 Å². The third-order valence-corrected chi connectivity index (χ3v) is 4.84. The van der Waals surface area contributed by atoms with Gasteiger partial charge in [0.05, 0.1) is 6.61 Å². The van der Waals surface area contributed by atoms with Gasteiger partial charge in [-0.15, -0.1) is 0 Å². The van der Waals surface area contributed by atoms with Gasteiger partial charge in [0, 0.05) is 15.7 Å². The molecule has 0 spiro atoms. The van der Waals surface area contributed by atoms with E-state index in [-0.39, 0.29) is 11.0 Å². The van der Waals surface area contributed by atoms with Gasteiger partial charge in [-0.1, -0.05) is 52.3 Å². The molecule has 0 aliphatic rings. The predicted octanol–water partition coefficient (Wildman–Crippen LogP) is 5.59. The minimum atomic E-state index is -0.262. The Labute approximate surface area is 184 Å². The maximum Gasteiger partial charge on any atom is 0.257 e. The zero-order valence-electron chi connectivity index (χ0n) is 15.7. The van der Waals surface area contributed by atoms with Crippen molar-refractivity contribution >= 4 is 44.9 Å². The number of hydrogen-bond donors (Lipinski definition) is 2. The average molecular weight is 469 g/mol. The van der Waals surface area contributed by atoms with Crippen LogP contribution in [0.25, 0.3) is 0 Å². The standard InChI is InChI=1S/C23H21BrN2O2S/c24-19-10-4-9-18(16-19)22(27)26-23(29)25-20-11-13-21(14-12-20)28-15-5-8-17-6-2-1-3-7-17/h1-4,6-7,9-14,16H,5,8,15H2,(H2,25,26,27,29). The molecule has 6 heteroatoms. The van der Waals surface area contributed by atoms with Crippen molar-refractivity contribution in [3.63, 3.8) is 0 Å². The van der Waals surface area contributed by atoms with Gasteiger partial charge in [0.25, 0.3) is 5.91 Å². The van der Waals surface area contributed by atoms with Crippen LogP contribution in [0.15, 0.2) is 83.3 Å². The lowest BCUT2D eigenvalue weighted by Gasteiger charge is -2.11. The summed E-state index contributed by atoms with van der Waals surface area (Å²) in [6.07, 6.45) is 1.95. The maximum absolute atomic E-state index is 12.2. The summed E-state index contributed by atoms with van der Waals surface area (Å²) in [4.78, 5) is 12.2. The smallest absolute Gasteiger partial charge is 0.257 e. The molecule has 0 saturated carbocycles. The zero-order valence-corrected chi connectivity index (χ0v) is 18.1. The van der Waals surface area contributed by atoms with E-state index >= 15 is 0 Å². The highest BCUT2D eigenvalue weighted by atomic mass is 79.9. The second-order valence-electron chi connectivity index (χ2n) is 6.38. The van der Waals surface area contributed by atoms with Gasteiger partial charge in [0.1, 0.15) is 5.75 Å². The highest BCUT2D eigenvalue weighted by molar-refractivity contribution is 9.10. The first-order chi connectivity index (χ1) is 14.1. The molecule has 0 saturated heterocycles. The highest BCUT2D eigenvalue weighted by Gasteiger charge is 2.08. The lowest BCUT2D eigenvalue weighted by molar-refractivity contribution is 0.0977. The normalized spacial score (nSPS) is 10.2. The first-order valence-electron chi connectivity index (χ1n) is 9.25. The van der Waals surface area contributed by atoms with Gasteiger partial charge in [-0.05, 0) is 73.1 Å². The van der Waals surface area contributed by atoms with Crippen LogP contribution in [0, 0.1) is 0 Å². The summed E-state index contributed by atoms with van der Waals surface area (Å²) in [6, 6.07) is 25.0. The Morgan fingerprint density at radius 2 is 1.72 bits per heavy atom. The fourth-order valence-electron chi connectivity index (χ4n) is 2.71. The van der Waals surface area contributed by atoms with E-state index in [1.165, 1.54) is 5.56 Å². The van der Waals surface area contributed by atoms with Crippen molar-refractivity contribution in [2.75, 3.05) is 11.9 Å². The molecule has 29 heavy (non-hydrogen) atoms. The van der Waals surface area contributed by atoms with Crippen molar-refractivity contribution < 1.29 is 9.53 Å². The lowest BCUT2D eigenvalue weighted by Crippen LogP contribution is -2.34. The molecule has 3 aromatic rings. The first-order valence-corrected chi connectivity index (χ1v) is 10.4. The van der Waals surface area contributed by atoms with Gasteiger partial charge in [0.2, 0.25) is 0 Å². The van der Waals surface area contributed by atoms with E-state index in [0.717, 1.165) is 28.8 Å². The molecule has 3 aromatic carbocycles. The second kappa shape index (κ2) is 10.7. The molecule has 2 N–H and O–H groups in total. The number of rotatable bonds is 7. The largest absolute Gasteiger partial charge is 0.494 e. The summed E-state index contributed by atoms with van der Waals surface area (Å²) in [5.41, 5.74) is 2.62. The number of benzene rings is 3. The van der Waals surface area contributed by atoms with Crippen LogP contribution in [0.2, 0.25) is 0 Å². The number of ether oxygens (including phenoxy) is 1. The molecule has 4 nitrogen and oxygen atoms in total. The third-order valence-electron chi connectivity index (χ3n) is 4.15. The fraction of sp³-hybridized carbons (Fsp3) is 0.130. The molecule has 0 fully saturated rings. The zero-order chi connectivity index (χ0) is 20.5. The van der Waals surface area contributed by atoms with E-state index in [0.29, 0.717) is 12.2 Å². The van der Waals surface area contributed by atoms with Crippen LogP contribution in [-0.4, -0.2) is 17.6 Å². The molecule has 0 unspecified atom stereocenters. The third kappa shape index (κ3) is 7.00. The van der Waals surface area contributed by atoms with Gasteiger partial charge >= 0.3 is 0 Å². The first kappa shape index (κ1) is 21.0. The van der Waals surface area contributed by atoms with Crippen LogP contribution in [0.4, 0.5) is 5.69 Å². The molecule has 0 aliphatic carbocycles. The number of carbonyl (C=O) groups excluding carboxylic acids is 1. The lowest BCUT2D eigenvalue weighted by atomic mass is 10.1. The Morgan fingerprint density at radius 3 is 2.45 bits per heavy atom. The molecule has 0 heterocycles. The van der Waals surface area contributed by atoms with E-state index in [1.54, 1.807) is 18.2 Å². The topological polar surface area (TPSA) is 50.4 Å². The Hall–Kier alpha value is -2.70. The van der Waals surface area contributed by atoms with Crippen LogP contribution in [0.3, 0.4) is 0 Å². The maximum atomic E-state index is 12.2. The van der Waals surface area contributed by atoms with Crippen LogP contribution in [0.1, 0.15) is 22.3 Å². The van der Waals surface area contributed by atoms with Crippen molar-refractivity contribution in [2.24, 2.45) is 0 Å². The predicted molar refractivity (Wildman–Crippen MR) is 125 cm³/mol. The number of nitrogens with one attached hydrogen (secondary N) is 2. The van der Waals surface area contributed by atoms with Gasteiger partial charge < -0.3 is 10.1 Å². The number of amides is 1. The Morgan fingerprint density at radius 1 is 0.966 bits per heavy atom. The molecule has 1 amide bonds. The number of halogens is 1. The SMILES string of the molecule is O=C(NC(=S)Nc1ccc(OCCCc2ccccc2)cc1)c1cccc(Br)c1. The van der Waals surface area contributed by atoms with Crippen LogP contribution >= 0.6 is 28.1 Å². The summed E-state index contributed by atoms with van der Waals surface area (Å²) < 4.78 is 6.62. The molecule has 0 bridgehead atoms. The van der Waals surface area contributed by atoms with E-state index in [4.69, 9.17) is 17.0 Å². The summed E-state index contributed by atoms with van der Waals surface area (Å²) in [5, 5.41) is 5.92. The van der Waals surface area contributed by atoms with Crippen molar-refractivity contribution in [1.29, 1.82) is 0 Å². The molecular weight excluding hydrogens is 448 g/mol. The molecule has 0 aliphatic heterocycles. The molecular formula is C23H21BrN2O2S. The van der Waals surface area contributed by atoms with E-state index in [9.17, 15) is 4.79 Å². The number of aryl methyl sites for hydroxylation is 1. The molecule has 0 atom stereocenters. The number of hydrogen-bond acceptors (Lipinski definition) is 3. The Balaban J connectivity index is 1.42. The molecule has 3 rings (SSSR count). The number of anilines is 1. The Bertz CT molecular complexity index is 962. The van der Waals surface area contributed by atoms with Crippen molar-refractivity contribution in [3.8, 4) is 5.75 Å². The van der Waals surface area contributed by atoms with Crippen molar-refractivity contribution in [1.82, 2.24) is 5.32 Å². The highest BCUT2D eigenvalue weighted by Crippen LogP contribution is 2.16. The second-order valence-corrected chi connectivity index (χ2v) is 7.70. The van der Waals surface area contributed by atoms with E-state index in [2.05, 4.69) is 38.7 Å².